The van der Waals surface area contributed by atoms with Crippen LogP contribution in [-0.2, 0) is 0 Å². The molecule has 4 nitrogen and oxygen atoms in total. The van der Waals surface area contributed by atoms with Crippen LogP contribution < -0.4 is 11.1 Å². The van der Waals surface area contributed by atoms with Crippen LogP contribution in [0.3, 0.4) is 0 Å². The zero-order chi connectivity index (χ0) is 10.2. The topological polar surface area (TPSA) is 63.8 Å². The predicted octanol–water partition coefficient (Wildman–Crippen LogP) is 1.27. The molecule has 0 amide bonds. The van der Waals surface area contributed by atoms with Crippen molar-refractivity contribution in [3.8, 4) is 12.3 Å². The van der Waals surface area contributed by atoms with E-state index in [2.05, 4.69) is 21.2 Å². The largest absolute Gasteiger partial charge is 0.384 e. The molecule has 0 spiro atoms. The number of terminal acetylenes is 1. The fraction of sp³-hybridized carbons (Fsp3) is 0.400. The average Bonchev–Trinajstić information content (AvgIpc) is 2.18. The number of nitrogens with zero attached hydrogens (tertiary/aromatic N) is 2. The van der Waals surface area contributed by atoms with Crippen molar-refractivity contribution in [2.45, 2.75) is 19.3 Å². The van der Waals surface area contributed by atoms with E-state index in [4.69, 9.17) is 12.2 Å². The van der Waals surface area contributed by atoms with Crippen LogP contribution in [0, 0.1) is 12.3 Å². The first-order chi connectivity index (χ1) is 6.83. The summed E-state index contributed by atoms with van der Waals surface area (Å²) in [5.41, 5.74) is 5.49. The summed E-state index contributed by atoms with van der Waals surface area (Å²) >= 11 is 0. The van der Waals surface area contributed by atoms with Crippen molar-refractivity contribution in [1.82, 2.24) is 9.97 Å². The summed E-state index contributed by atoms with van der Waals surface area (Å²) < 4.78 is 0. The molecule has 0 atom stereocenters. The Morgan fingerprint density at radius 3 is 3.00 bits per heavy atom. The van der Waals surface area contributed by atoms with Gasteiger partial charge in [0.2, 0.25) is 0 Å². The number of unbranched alkanes of at least 4 members (excludes halogenated alkanes) is 2. The van der Waals surface area contributed by atoms with Crippen molar-refractivity contribution in [1.29, 1.82) is 0 Å². The minimum atomic E-state index is 0.478. The van der Waals surface area contributed by atoms with Gasteiger partial charge in [0.15, 0.2) is 0 Å². The zero-order valence-corrected chi connectivity index (χ0v) is 8.03. The Morgan fingerprint density at radius 1 is 1.43 bits per heavy atom. The second-order valence-electron chi connectivity index (χ2n) is 2.92. The van der Waals surface area contributed by atoms with Crippen LogP contribution in [0.5, 0.6) is 0 Å². The molecular formula is C10H14N4. The number of nitrogens with one attached hydrogen (secondary N) is 1. The first kappa shape index (κ1) is 10.3. The van der Waals surface area contributed by atoms with Gasteiger partial charge in [0.05, 0.1) is 0 Å². The number of anilines is 2. The van der Waals surface area contributed by atoms with Crippen molar-refractivity contribution in [3.05, 3.63) is 12.4 Å². The molecule has 3 N–H and O–H groups in total. The van der Waals surface area contributed by atoms with E-state index in [1.165, 1.54) is 6.33 Å². The van der Waals surface area contributed by atoms with E-state index in [9.17, 15) is 0 Å². The first-order valence-corrected chi connectivity index (χ1v) is 4.58. The molecule has 0 aromatic carbocycles. The molecule has 1 aromatic rings. The lowest BCUT2D eigenvalue weighted by Crippen LogP contribution is -2.04. The van der Waals surface area contributed by atoms with Crippen molar-refractivity contribution in [2.24, 2.45) is 0 Å². The summed E-state index contributed by atoms with van der Waals surface area (Å²) in [7, 11) is 0. The van der Waals surface area contributed by atoms with E-state index in [-0.39, 0.29) is 0 Å². The van der Waals surface area contributed by atoms with Crippen LogP contribution in [0.2, 0.25) is 0 Å². The lowest BCUT2D eigenvalue weighted by molar-refractivity contribution is 0.787. The van der Waals surface area contributed by atoms with Gasteiger partial charge in [0.1, 0.15) is 18.0 Å². The van der Waals surface area contributed by atoms with E-state index in [1.807, 2.05) is 0 Å². The second kappa shape index (κ2) is 5.81. The lowest BCUT2D eigenvalue weighted by Gasteiger charge is -2.04. The van der Waals surface area contributed by atoms with Crippen LogP contribution in [0.15, 0.2) is 12.4 Å². The Hall–Kier alpha value is -1.76. The standard InChI is InChI=1S/C10H14N4/c1-2-3-4-5-6-12-10-7-9(11)13-8-14-10/h1,7-8H,3-6H2,(H3,11,12,13,14). The molecule has 0 saturated carbocycles. The van der Waals surface area contributed by atoms with Gasteiger partial charge in [-0.05, 0) is 12.8 Å². The average molecular weight is 190 g/mol. The molecule has 0 saturated heterocycles. The van der Waals surface area contributed by atoms with Crippen molar-refractivity contribution >= 4 is 11.6 Å². The monoisotopic (exact) mass is 190 g/mol. The van der Waals surface area contributed by atoms with Crippen LogP contribution in [0.1, 0.15) is 19.3 Å². The molecule has 74 valence electrons. The van der Waals surface area contributed by atoms with Gasteiger partial charge in [-0.2, -0.15) is 0 Å². The SMILES string of the molecule is C#CCCCCNc1cc(N)ncn1. The van der Waals surface area contributed by atoms with Gasteiger partial charge in [-0.1, -0.05) is 0 Å². The molecular weight excluding hydrogens is 176 g/mol. The van der Waals surface area contributed by atoms with E-state index in [0.29, 0.717) is 5.82 Å². The Labute approximate surface area is 83.9 Å². The third-order valence-electron chi connectivity index (χ3n) is 1.74. The van der Waals surface area contributed by atoms with E-state index in [1.54, 1.807) is 6.07 Å². The molecule has 1 rings (SSSR count). The van der Waals surface area contributed by atoms with Crippen molar-refractivity contribution < 1.29 is 0 Å². The fourth-order valence-electron chi connectivity index (χ4n) is 1.04. The third-order valence-corrected chi connectivity index (χ3v) is 1.74. The van der Waals surface area contributed by atoms with Crippen LogP contribution in [-0.4, -0.2) is 16.5 Å². The van der Waals surface area contributed by atoms with E-state index < -0.39 is 0 Å². The van der Waals surface area contributed by atoms with Gasteiger partial charge < -0.3 is 11.1 Å². The number of nitrogens with two attached hydrogens (primary N) is 1. The number of nitrogen functional groups attached to an aromatic ring is 1. The minimum Gasteiger partial charge on any atom is -0.384 e. The lowest BCUT2D eigenvalue weighted by atomic mass is 10.2. The molecule has 1 aromatic heterocycles. The van der Waals surface area contributed by atoms with Gasteiger partial charge in [0, 0.05) is 19.0 Å². The van der Waals surface area contributed by atoms with Gasteiger partial charge in [-0.15, -0.1) is 12.3 Å². The Bertz CT molecular complexity index is 316. The molecule has 0 aliphatic rings. The smallest absolute Gasteiger partial charge is 0.131 e. The normalized spacial score (nSPS) is 9.36. The molecule has 0 aliphatic heterocycles. The van der Waals surface area contributed by atoms with Crippen molar-refractivity contribution in [2.75, 3.05) is 17.6 Å². The number of hydrogen-bond donors (Lipinski definition) is 2. The number of aromatic nitrogens is 2. The maximum absolute atomic E-state index is 5.49. The first-order valence-electron chi connectivity index (χ1n) is 4.58. The van der Waals surface area contributed by atoms with Crippen LogP contribution >= 0.6 is 0 Å². The molecule has 1 heterocycles. The summed E-state index contributed by atoms with van der Waals surface area (Å²) in [6.07, 6.45) is 9.47. The van der Waals surface area contributed by atoms with Crippen molar-refractivity contribution in [3.63, 3.8) is 0 Å². The summed E-state index contributed by atoms with van der Waals surface area (Å²) in [4.78, 5) is 7.81. The molecule has 0 aliphatic carbocycles. The molecule has 0 bridgehead atoms. The minimum absolute atomic E-state index is 0.478. The van der Waals surface area contributed by atoms with Gasteiger partial charge >= 0.3 is 0 Å². The maximum atomic E-state index is 5.49. The van der Waals surface area contributed by atoms with Gasteiger partial charge in [0.25, 0.3) is 0 Å². The Morgan fingerprint density at radius 2 is 2.29 bits per heavy atom. The molecule has 14 heavy (non-hydrogen) atoms. The summed E-state index contributed by atoms with van der Waals surface area (Å²) in [5, 5.41) is 3.14. The highest BCUT2D eigenvalue weighted by molar-refractivity contribution is 5.42. The molecule has 4 heteroatoms. The summed E-state index contributed by atoms with van der Waals surface area (Å²) in [6.45, 7) is 0.859. The highest BCUT2D eigenvalue weighted by Crippen LogP contribution is 2.05. The third kappa shape index (κ3) is 3.76. The second-order valence-corrected chi connectivity index (χ2v) is 2.92. The van der Waals surface area contributed by atoms with E-state index >= 15 is 0 Å². The van der Waals surface area contributed by atoms with Crippen LogP contribution in [0.4, 0.5) is 11.6 Å². The van der Waals surface area contributed by atoms with Gasteiger partial charge in [-0.3, -0.25) is 0 Å². The molecule has 0 fully saturated rings. The van der Waals surface area contributed by atoms with Crippen LogP contribution in [0.25, 0.3) is 0 Å². The Kier molecular flexibility index (Phi) is 4.29. The fourth-order valence-corrected chi connectivity index (χ4v) is 1.04. The highest BCUT2D eigenvalue weighted by Gasteiger charge is 1.93. The molecule has 0 unspecified atom stereocenters. The maximum Gasteiger partial charge on any atom is 0.131 e. The quantitative estimate of drug-likeness (QED) is 0.542. The zero-order valence-electron chi connectivity index (χ0n) is 8.03. The number of hydrogen-bond acceptors (Lipinski definition) is 4. The predicted molar refractivity (Wildman–Crippen MR) is 57.6 cm³/mol. The Balaban J connectivity index is 2.22. The highest BCUT2D eigenvalue weighted by atomic mass is 15.0. The van der Waals surface area contributed by atoms with E-state index in [0.717, 1.165) is 31.6 Å². The number of rotatable bonds is 5. The van der Waals surface area contributed by atoms with Gasteiger partial charge in [-0.25, -0.2) is 9.97 Å². The molecule has 0 radical (unpaired) electrons. The summed E-state index contributed by atoms with van der Waals surface area (Å²) in [6, 6.07) is 1.71. The summed E-state index contributed by atoms with van der Waals surface area (Å²) in [5.74, 6) is 3.84.